The Morgan fingerprint density at radius 3 is 2.57 bits per heavy atom. The van der Waals surface area contributed by atoms with Gasteiger partial charge in [-0.2, -0.15) is 0 Å². The van der Waals surface area contributed by atoms with Crippen LogP contribution in [-0.4, -0.2) is 55.5 Å². The minimum Gasteiger partial charge on any atom is -0.338 e. The molecule has 0 atom stereocenters. The maximum Gasteiger partial charge on any atom is 0.265 e. The fourth-order valence-corrected chi connectivity index (χ4v) is 5.03. The molecule has 1 amide bonds. The number of amides is 1. The molecule has 21 heavy (non-hydrogen) atoms. The van der Waals surface area contributed by atoms with Crippen LogP contribution in [-0.2, 0) is 10.0 Å². The number of hydrogen-bond acceptors (Lipinski definition) is 4. The molecule has 5 nitrogen and oxygen atoms in total. The van der Waals surface area contributed by atoms with Gasteiger partial charge in [0, 0.05) is 30.7 Å². The van der Waals surface area contributed by atoms with Crippen molar-refractivity contribution in [3.8, 4) is 0 Å². The van der Waals surface area contributed by atoms with E-state index < -0.39 is 10.0 Å². The summed E-state index contributed by atoms with van der Waals surface area (Å²) in [6.45, 7) is 2.84. The summed E-state index contributed by atoms with van der Waals surface area (Å²) >= 11 is 4.80. The van der Waals surface area contributed by atoms with Gasteiger partial charge in [-0.15, -0.1) is 11.3 Å². The molecule has 118 valence electrons. The summed E-state index contributed by atoms with van der Waals surface area (Å²) in [4.78, 5) is 14.9. The van der Waals surface area contributed by atoms with E-state index in [1.165, 1.54) is 15.6 Å². The van der Waals surface area contributed by atoms with Crippen molar-refractivity contribution in [2.24, 2.45) is 0 Å². The van der Waals surface area contributed by atoms with Crippen LogP contribution < -0.4 is 0 Å². The van der Waals surface area contributed by atoms with E-state index in [1.807, 2.05) is 11.4 Å². The highest BCUT2D eigenvalue weighted by atomic mass is 79.9. The third kappa shape index (κ3) is 3.67. The summed E-state index contributed by atoms with van der Waals surface area (Å²) < 4.78 is 26.1. The summed E-state index contributed by atoms with van der Waals surface area (Å²) in [5.74, 6) is 0.140. The highest BCUT2D eigenvalue weighted by Crippen LogP contribution is 2.26. The van der Waals surface area contributed by atoms with Crippen LogP contribution in [0.3, 0.4) is 0 Å². The van der Waals surface area contributed by atoms with Crippen LogP contribution in [0.5, 0.6) is 0 Å². The van der Waals surface area contributed by atoms with Gasteiger partial charge in [-0.05, 0) is 47.1 Å². The quantitative estimate of drug-likeness (QED) is 0.787. The van der Waals surface area contributed by atoms with Crippen molar-refractivity contribution in [3.63, 3.8) is 0 Å². The number of piperidine rings is 1. The molecule has 0 spiro atoms. The van der Waals surface area contributed by atoms with Gasteiger partial charge in [0.2, 0.25) is 10.0 Å². The van der Waals surface area contributed by atoms with Crippen molar-refractivity contribution in [2.45, 2.75) is 25.8 Å². The Bertz CT molecular complexity index is 607. The van der Waals surface area contributed by atoms with Crippen molar-refractivity contribution < 1.29 is 13.2 Å². The van der Waals surface area contributed by atoms with E-state index in [9.17, 15) is 13.2 Å². The number of nitrogens with zero attached hydrogens (tertiary/aromatic N) is 2. The van der Waals surface area contributed by atoms with Crippen LogP contribution in [0.25, 0.3) is 0 Å². The Morgan fingerprint density at radius 1 is 1.48 bits per heavy atom. The molecular weight excluding hydrogens is 376 g/mol. The summed E-state index contributed by atoms with van der Waals surface area (Å²) in [5, 5.41) is 1.88. The molecular formula is C13H19BrN2O3S2. The van der Waals surface area contributed by atoms with Gasteiger partial charge in [-0.25, -0.2) is 12.7 Å². The Balaban J connectivity index is 1.98. The molecule has 1 saturated heterocycles. The van der Waals surface area contributed by atoms with E-state index in [1.54, 1.807) is 18.9 Å². The van der Waals surface area contributed by atoms with Gasteiger partial charge < -0.3 is 4.90 Å². The van der Waals surface area contributed by atoms with Crippen molar-refractivity contribution in [3.05, 3.63) is 20.8 Å². The fourth-order valence-electron chi connectivity index (χ4n) is 2.45. The predicted octanol–water partition coefficient (Wildman–Crippen LogP) is 2.40. The average molecular weight is 395 g/mol. The molecule has 2 rings (SSSR count). The normalized spacial score (nSPS) is 17.4. The first-order valence-corrected chi connectivity index (χ1v) is 10.1. The molecule has 1 aromatic rings. The van der Waals surface area contributed by atoms with Gasteiger partial charge in [0.1, 0.15) is 4.88 Å². The minimum atomic E-state index is -3.16. The Morgan fingerprint density at radius 2 is 2.10 bits per heavy atom. The highest BCUT2D eigenvalue weighted by Gasteiger charge is 2.31. The Hall–Kier alpha value is -0.440. The first-order valence-electron chi connectivity index (χ1n) is 6.84. The molecule has 0 unspecified atom stereocenters. The van der Waals surface area contributed by atoms with Crippen LogP contribution in [0.15, 0.2) is 15.9 Å². The Kier molecular flexibility index (Phi) is 5.45. The van der Waals surface area contributed by atoms with E-state index in [4.69, 9.17) is 0 Å². The average Bonchev–Trinajstić information content (AvgIpc) is 2.92. The van der Waals surface area contributed by atoms with Crippen molar-refractivity contribution in [1.82, 2.24) is 9.21 Å². The summed E-state index contributed by atoms with van der Waals surface area (Å²) in [6.07, 6.45) is 1.37. The number of rotatable bonds is 4. The Labute approximate surface area is 138 Å². The number of likely N-dealkylation sites (tertiary alicyclic amines) is 1. The second kappa shape index (κ2) is 6.76. The van der Waals surface area contributed by atoms with E-state index in [0.29, 0.717) is 30.8 Å². The SMILES string of the molecule is CCS(=O)(=O)N(C)C1CCN(C(=O)c2sccc2Br)CC1. The summed E-state index contributed by atoms with van der Waals surface area (Å²) in [6, 6.07) is 1.86. The molecule has 2 heterocycles. The van der Waals surface area contributed by atoms with Crippen LogP contribution in [0.2, 0.25) is 0 Å². The van der Waals surface area contributed by atoms with Crippen LogP contribution in [0.4, 0.5) is 0 Å². The lowest BCUT2D eigenvalue weighted by Gasteiger charge is -2.35. The summed E-state index contributed by atoms with van der Waals surface area (Å²) in [5.41, 5.74) is 0. The fraction of sp³-hybridized carbons (Fsp3) is 0.615. The topological polar surface area (TPSA) is 57.7 Å². The van der Waals surface area contributed by atoms with Crippen LogP contribution in [0, 0.1) is 0 Å². The molecule has 1 aliphatic rings. The number of carbonyl (C=O) groups is 1. The van der Waals surface area contributed by atoms with Crippen LogP contribution in [0.1, 0.15) is 29.4 Å². The summed E-state index contributed by atoms with van der Waals surface area (Å²) in [7, 11) is -1.53. The lowest BCUT2D eigenvalue weighted by Crippen LogP contribution is -2.47. The molecule has 0 bridgehead atoms. The smallest absolute Gasteiger partial charge is 0.265 e. The molecule has 0 aromatic carbocycles. The molecule has 8 heteroatoms. The molecule has 1 fully saturated rings. The molecule has 1 aromatic heterocycles. The zero-order valence-electron chi connectivity index (χ0n) is 12.1. The first kappa shape index (κ1) is 16.9. The van der Waals surface area contributed by atoms with Gasteiger partial charge in [-0.3, -0.25) is 4.79 Å². The van der Waals surface area contributed by atoms with E-state index in [-0.39, 0.29) is 17.7 Å². The maximum absolute atomic E-state index is 12.4. The predicted molar refractivity (Wildman–Crippen MR) is 88.2 cm³/mol. The number of sulfonamides is 1. The zero-order valence-corrected chi connectivity index (χ0v) is 15.3. The molecule has 0 N–H and O–H groups in total. The second-order valence-electron chi connectivity index (χ2n) is 5.04. The number of hydrogen-bond donors (Lipinski definition) is 0. The number of carbonyl (C=O) groups excluding carboxylic acids is 1. The lowest BCUT2D eigenvalue weighted by molar-refractivity contribution is 0.0690. The lowest BCUT2D eigenvalue weighted by atomic mass is 10.1. The van der Waals surface area contributed by atoms with Crippen molar-refractivity contribution >= 4 is 43.2 Å². The van der Waals surface area contributed by atoms with Crippen molar-refractivity contribution in [2.75, 3.05) is 25.9 Å². The van der Waals surface area contributed by atoms with Gasteiger partial charge in [-0.1, -0.05) is 0 Å². The van der Waals surface area contributed by atoms with Gasteiger partial charge >= 0.3 is 0 Å². The minimum absolute atomic E-state index is 0.00854. The van der Waals surface area contributed by atoms with Crippen LogP contribution >= 0.6 is 27.3 Å². The van der Waals surface area contributed by atoms with E-state index in [2.05, 4.69) is 15.9 Å². The van der Waals surface area contributed by atoms with Crippen molar-refractivity contribution in [1.29, 1.82) is 0 Å². The standard InChI is InChI=1S/C13H19BrN2O3S2/c1-3-21(18,19)15(2)10-4-7-16(8-5-10)13(17)12-11(14)6-9-20-12/h6,9-10H,3-5,7-8H2,1-2H3. The largest absolute Gasteiger partial charge is 0.338 e. The van der Waals surface area contributed by atoms with Gasteiger partial charge in [0.05, 0.1) is 5.75 Å². The molecule has 0 saturated carbocycles. The monoisotopic (exact) mass is 394 g/mol. The van der Waals surface area contributed by atoms with E-state index in [0.717, 1.165) is 4.47 Å². The maximum atomic E-state index is 12.4. The third-order valence-corrected chi connectivity index (χ3v) is 7.61. The molecule has 0 aliphatic carbocycles. The number of halogens is 1. The van der Waals surface area contributed by atoms with Gasteiger partial charge in [0.25, 0.3) is 5.91 Å². The third-order valence-electron chi connectivity index (χ3n) is 3.88. The zero-order chi connectivity index (χ0) is 15.6. The van der Waals surface area contributed by atoms with E-state index >= 15 is 0 Å². The highest BCUT2D eigenvalue weighted by molar-refractivity contribution is 9.10. The number of thiophene rings is 1. The second-order valence-corrected chi connectivity index (χ2v) is 9.13. The van der Waals surface area contributed by atoms with Gasteiger partial charge in [0.15, 0.2) is 0 Å². The molecule has 0 radical (unpaired) electrons. The first-order chi connectivity index (χ1) is 9.86. The molecule has 1 aliphatic heterocycles.